The first-order valence-electron chi connectivity index (χ1n) is 8.97. The number of carbonyl (C=O) groups is 2. The van der Waals surface area contributed by atoms with Crippen LogP contribution in [-0.2, 0) is 15.0 Å². The van der Waals surface area contributed by atoms with Crippen LogP contribution >= 0.6 is 11.6 Å². The topological polar surface area (TPSA) is 87.2 Å². The number of aromatic nitrogens is 2. The van der Waals surface area contributed by atoms with Gasteiger partial charge in [-0.1, -0.05) is 11.6 Å². The van der Waals surface area contributed by atoms with E-state index >= 15 is 0 Å². The third kappa shape index (κ3) is 2.24. The van der Waals surface area contributed by atoms with Gasteiger partial charge in [-0.3, -0.25) is 24.2 Å². The molecule has 0 bridgehead atoms. The lowest BCUT2D eigenvalue weighted by atomic mass is 9.71. The molecule has 2 N–H and O–H groups in total. The molecule has 4 rings (SSSR count). The predicted octanol–water partition coefficient (Wildman–Crippen LogP) is 2.79. The maximum Gasteiger partial charge on any atom is 0.270 e. The normalized spacial score (nSPS) is 21.2. The van der Waals surface area contributed by atoms with E-state index in [9.17, 15) is 14.4 Å². The van der Waals surface area contributed by atoms with Gasteiger partial charge in [0, 0.05) is 22.8 Å². The van der Waals surface area contributed by atoms with E-state index < -0.39 is 5.41 Å². The molecule has 1 spiro atoms. The molecule has 0 aliphatic carbocycles. The van der Waals surface area contributed by atoms with Crippen LogP contribution in [0, 0.1) is 0 Å². The van der Waals surface area contributed by atoms with Crippen LogP contribution in [0.5, 0.6) is 0 Å². The zero-order valence-corrected chi connectivity index (χ0v) is 16.3. The molecule has 7 nitrogen and oxygen atoms in total. The van der Waals surface area contributed by atoms with Gasteiger partial charge in [-0.05, 0) is 51.5 Å². The van der Waals surface area contributed by atoms with Crippen LogP contribution in [0.4, 0.5) is 11.5 Å². The van der Waals surface area contributed by atoms with Crippen molar-refractivity contribution in [2.75, 3.05) is 10.2 Å². The van der Waals surface area contributed by atoms with Crippen LogP contribution in [0.3, 0.4) is 0 Å². The summed E-state index contributed by atoms with van der Waals surface area (Å²) in [6.07, 6.45) is -0.124. The van der Waals surface area contributed by atoms with E-state index in [1.165, 1.54) is 0 Å². The average molecular weight is 389 g/mol. The zero-order valence-electron chi connectivity index (χ0n) is 15.6. The van der Waals surface area contributed by atoms with Crippen LogP contribution in [0.15, 0.2) is 23.0 Å². The monoisotopic (exact) mass is 388 g/mol. The van der Waals surface area contributed by atoms with E-state index in [2.05, 4.69) is 10.4 Å². The number of amides is 2. The molecule has 0 radical (unpaired) electrons. The van der Waals surface area contributed by atoms with Crippen LogP contribution in [-0.4, -0.2) is 27.6 Å². The average Bonchev–Trinajstić information content (AvgIpc) is 3.02. The van der Waals surface area contributed by atoms with E-state index in [0.717, 1.165) is 0 Å². The fourth-order valence-electron chi connectivity index (χ4n) is 4.28. The molecule has 8 heteroatoms. The van der Waals surface area contributed by atoms with Crippen molar-refractivity contribution in [2.24, 2.45) is 0 Å². The molecule has 2 aromatic rings. The number of anilines is 2. The molecule has 0 saturated carbocycles. The number of fused-ring (bicyclic) bond motifs is 4. The van der Waals surface area contributed by atoms with Gasteiger partial charge in [0.05, 0.1) is 12.0 Å². The maximum atomic E-state index is 13.7. The molecule has 2 aliphatic rings. The molecule has 142 valence electrons. The molecule has 3 heterocycles. The second-order valence-corrected chi connectivity index (χ2v) is 8.13. The van der Waals surface area contributed by atoms with Crippen molar-refractivity contribution in [1.82, 2.24) is 9.78 Å². The molecular weight excluding hydrogens is 368 g/mol. The molecule has 1 atom stereocenters. The summed E-state index contributed by atoms with van der Waals surface area (Å²) < 4.78 is 1.60. The molecule has 27 heavy (non-hydrogen) atoms. The van der Waals surface area contributed by atoms with Crippen LogP contribution in [0.1, 0.15) is 51.3 Å². The highest BCUT2D eigenvalue weighted by atomic mass is 35.5. The molecular formula is C19H21ClN4O3. The Bertz CT molecular complexity index is 1040. The first kappa shape index (κ1) is 17.9. The van der Waals surface area contributed by atoms with E-state index in [-0.39, 0.29) is 41.4 Å². The number of nitrogens with one attached hydrogen (secondary N) is 2. The Labute approximate surface area is 161 Å². The summed E-state index contributed by atoms with van der Waals surface area (Å²) in [5.74, 6) is -0.213. The Hall–Kier alpha value is -2.54. The first-order chi connectivity index (χ1) is 12.7. The molecule has 2 aliphatic heterocycles. The molecule has 1 unspecified atom stereocenters. The fourth-order valence-corrected chi connectivity index (χ4v) is 4.45. The standard InChI is InChI=1S/C19H21ClN4O3/c1-9(2)23-13-6-5-11(20)7-12(13)19(18(23)27)8-14(25)21-16-15(19)17(26)22-24(16)10(3)4/h5-7,9-10H,8H2,1-4H3,(H,21,25)(H,22,26). The van der Waals surface area contributed by atoms with E-state index in [1.807, 2.05) is 27.7 Å². The van der Waals surface area contributed by atoms with Gasteiger partial charge in [0.15, 0.2) is 0 Å². The summed E-state index contributed by atoms with van der Waals surface area (Å²) >= 11 is 6.24. The third-order valence-electron chi connectivity index (χ3n) is 5.33. The number of rotatable bonds is 2. The number of nitrogens with zero attached hydrogens (tertiary/aromatic N) is 2. The van der Waals surface area contributed by atoms with Crippen molar-refractivity contribution >= 4 is 34.9 Å². The van der Waals surface area contributed by atoms with Crippen LogP contribution in [0.25, 0.3) is 0 Å². The molecule has 0 fully saturated rings. The number of carbonyl (C=O) groups excluding carboxylic acids is 2. The minimum Gasteiger partial charge on any atom is -0.311 e. The zero-order chi connectivity index (χ0) is 19.7. The van der Waals surface area contributed by atoms with Gasteiger partial charge in [-0.15, -0.1) is 0 Å². The van der Waals surface area contributed by atoms with Gasteiger partial charge in [-0.25, -0.2) is 0 Å². The highest BCUT2D eigenvalue weighted by Gasteiger charge is 2.58. The second kappa shape index (κ2) is 5.73. The Morgan fingerprint density at radius 2 is 1.81 bits per heavy atom. The van der Waals surface area contributed by atoms with Crippen molar-refractivity contribution in [1.29, 1.82) is 0 Å². The highest BCUT2D eigenvalue weighted by molar-refractivity contribution is 6.31. The van der Waals surface area contributed by atoms with E-state index in [4.69, 9.17) is 11.6 Å². The Morgan fingerprint density at radius 1 is 1.11 bits per heavy atom. The van der Waals surface area contributed by atoms with E-state index in [0.29, 0.717) is 22.1 Å². The van der Waals surface area contributed by atoms with Crippen molar-refractivity contribution in [3.63, 3.8) is 0 Å². The summed E-state index contributed by atoms with van der Waals surface area (Å²) in [5, 5.41) is 6.02. The van der Waals surface area contributed by atoms with Gasteiger partial charge in [0.2, 0.25) is 11.8 Å². The van der Waals surface area contributed by atoms with Gasteiger partial charge < -0.3 is 10.2 Å². The lowest BCUT2D eigenvalue weighted by Crippen LogP contribution is -2.50. The Balaban J connectivity index is 2.11. The minimum atomic E-state index is -1.37. The van der Waals surface area contributed by atoms with Crippen molar-refractivity contribution < 1.29 is 9.59 Å². The molecule has 1 aromatic heterocycles. The molecule has 1 aromatic carbocycles. The first-order valence-corrected chi connectivity index (χ1v) is 9.34. The SMILES string of the molecule is CC(C)N1C(=O)C2(CC(=O)Nc3c2c(=O)[nH]n3C(C)C)c2cc(Cl)ccc21. The quantitative estimate of drug-likeness (QED) is 0.829. The van der Waals surface area contributed by atoms with Gasteiger partial charge in [0.1, 0.15) is 11.2 Å². The maximum absolute atomic E-state index is 13.7. The van der Waals surface area contributed by atoms with Gasteiger partial charge in [0.25, 0.3) is 5.56 Å². The van der Waals surface area contributed by atoms with Gasteiger partial charge >= 0.3 is 0 Å². The summed E-state index contributed by atoms with van der Waals surface area (Å²) in [4.78, 5) is 40.9. The second-order valence-electron chi connectivity index (χ2n) is 7.69. The third-order valence-corrected chi connectivity index (χ3v) is 5.57. The van der Waals surface area contributed by atoms with Crippen molar-refractivity contribution in [2.45, 2.75) is 51.6 Å². The minimum absolute atomic E-state index is 0.0894. The lowest BCUT2D eigenvalue weighted by molar-refractivity contribution is -0.127. The largest absolute Gasteiger partial charge is 0.311 e. The summed E-state index contributed by atoms with van der Waals surface area (Å²) in [7, 11) is 0. The highest BCUT2D eigenvalue weighted by Crippen LogP contribution is 2.52. The van der Waals surface area contributed by atoms with E-state index in [1.54, 1.807) is 27.8 Å². The summed E-state index contributed by atoms with van der Waals surface area (Å²) in [6, 6.07) is 4.98. The summed E-state index contributed by atoms with van der Waals surface area (Å²) in [6.45, 7) is 7.60. The number of hydrogen-bond acceptors (Lipinski definition) is 3. The molecule has 0 saturated heterocycles. The molecule has 2 amide bonds. The lowest BCUT2D eigenvalue weighted by Gasteiger charge is -2.33. The predicted molar refractivity (Wildman–Crippen MR) is 104 cm³/mol. The number of benzene rings is 1. The number of H-pyrrole nitrogens is 1. The van der Waals surface area contributed by atoms with Crippen molar-refractivity contribution in [3.05, 3.63) is 44.7 Å². The van der Waals surface area contributed by atoms with Crippen LogP contribution in [0.2, 0.25) is 5.02 Å². The fraction of sp³-hybridized carbons (Fsp3) is 0.421. The Morgan fingerprint density at radius 3 is 2.44 bits per heavy atom. The summed E-state index contributed by atoms with van der Waals surface area (Å²) in [5.41, 5.74) is -0.153. The number of aromatic amines is 1. The smallest absolute Gasteiger partial charge is 0.270 e. The van der Waals surface area contributed by atoms with Crippen LogP contribution < -0.4 is 15.8 Å². The number of halogens is 1. The Kier molecular flexibility index (Phi) is 3.79. The number of hydrogen-bond donors (Lipinski definition) is 2. The van der Waals surface area contributed by atoms with Crippen molar-refractivity contribution in [3.8, 4) is 0 Å². The van der Waals surface area contributed by atoms with Gasteiger partial charge in [-0.2, -0.15) is 0 Å².